The minimum Gasteiger partial charge on any atom is -0.346 e. The molecule has 1 aliphatic rings. The maximum atomic E-state index is 12.8. The maximum Gasteiger partial charge on any atom is 0.269 e. The molecule has 0 saturated carbocycles. The largest absolute Gasteiger partial charge is 0.346 e. The van der Waals surface area contributed by atoms with Gasteiger partial charge in [-0.3, -0.25) is 9.48 Å². The van der Waals surface area contributed by atoms with Crippen LogP contribution in [-0.2, 0) is 13.0 Å². The van der Waals surface area contributed by atoms with Gasteiger partial charge in [0, 0.05) is 38.1 Å². The van der Waals surface area contributed by atoms with Crippen molar-refractivity contribution in [2.24, 2.45) is 5.92 Å². The molecule has 2 aromatic heterocycles. The van der Waals surface area contributed by atoms with Crippen molar-refractivity contribution in [1.82, 2.24) is 25.1 Å². The summed E-state index contributed by atoms with van der Waals surface area (Å²) in [6, 6.07) is 3.83. The summed E-state index contributed by atoms with van der Waals surface area (Å²) >= 11 is 0. The average Bonchev–Trinajstić information content (AvgIpc) is 3.05. The molecule has 1 unspecified atom stereocenters. The Morgan fingerprint density at radius 1 is 1.35 bits per heavy atom. The van der Waals surface area contributed by atoms with E-state index in [1.165, 1.54) is 0 Å². The number of amides is 1. The monoisotopic (exact) mass is 356 g/mol. The highest BCUT2D eigenvalue weighted by atomic mass is 16.2. The summed E-state index contributed by atoms with van der Waals surface area (Å²) in [5, 5.41) is 7.75. The topological polar surface area (TPSA) is 75.9 Å². The van der Waals surface area contributed by atoms with Crippen LogP contribution in [0.1, 0.15) is 49.8 Å². The highest BCUT2D eigenvalue weighted by Gasteiger charge is 2.25. The van der Waals surface area contributed by atoms with Crippen LogP contribution >= 0.6 is 0 Å². The highest BCUT2D eigenvalue weighted by Crippen LogP contribution is 2.16. The van der Waals surface area contributed by atoms with E-state index in [9.17, 15) is 4.79 Å². The second kappa shape index (κ2) is 8.29. The number of anilines is 1. The van der Waals surface area contributed by atoms with Crippen molar-refractivity contribution in [2.75, 3.05) is 18.0 Å². The minimum absolute atomic E-state index is 0.0461. The van der Waals surface area contributed by atoms with Crippen molar-refractivity contribution < 1.29 is 4.79 Å². The first-order chi connectivity index (χ1) is 12.6. The van der Waals surface area contributed by atoms with Crippen LogP contribution in [0.4, 0.5) is 5.95 Å². The Kier molecular flexibility index (Phi) is 5.85. The number of carbonyl (C=O) groups is 1. The van der Waals surface area contributed by atoms with Crippen LogP contribution in [0.5, 0.6) is 0 Å². The van der Waals surface area contributed by atoms with E-state index in [2.05, 4.69) is 39.1 Å². The van der Waals surface area contributed by atoms with Gasteiger partial charge in [-0.05, 0) is 44.2 Å². The van der Waals surface area contributed by atoms with Gasteiger partial charge in [-0.2, -0.15) is 5.10 Å². The van der Waals surface area contributed by atoms with Crippen LogP contribution in [-0.4, -0.2) is 44.8 Å². The fourth-order valence-electron chi connectivity index (χ4n) is 3.40. The molecule has 1 atom stereocenters. The zero-order valence-electron chi connectivity index (χ0n) is 15.9. The number of carbonyl (C=O) groups excluding carboxylic acids is 1. The van der Waals surface area contributed by atoms with Gasteiger partial charge in [-0.1, -0.05) is 13.8 Å². The molecule has 1 fully saturated rings. The quantitative estimate of drug-likeness (QED) is 0.859. The van der Waals surface area contributed by atoms with Crippen molar-refractivity contribution in [3.8, 4) is 0 Å². The van der Waals surface area contributed by atoms with E-state index in [4.69, 9.17) is 0 Å². The number of nitrogens with one attached hydrogen (secondary N) is 1. The van der Waals surface area contributed by atoms with Crippen LogP contribution in [0.2, 0.25) is 0 Å². The van der Waals surface area contributed by atoms with Crippen LogP contribution < -0.4 is 10.2 Å². The molecule has 3 rings (SSSR count). The lowest BCUT2D eigenvalue weighted by molar-refractivity contribution is 0.0922. The van der Waals surface area contributed by atoms with E-state index in [-0.39, 0.29) is 11.9 Å². The van der Waals surface area contributed by atoms with Crippen molar-refractivity contribution in [2.45, 2.75) is 52.6 Å². The third-order valence-corrected chi connectivity index (χ3v) is 4.57. The predicted molar refractivity (Wildman–Crippen MR) is 101 cm³/mol. The summed E-state index contributed by atoms with van der Waals surface area (Å²) in [7, 11) is 0. The van der Waals surface area contributed by atoms with Crippen LogP contribution in [0, 0.1) is 5.92 Å². The average molecular weight is 356 g/mol. The fourth-order valence-corrected chi connectivity index (χ4v) is 3.40. The van der Waals surface area contributed by atoms with Crippen molar-refractivity contribution in [3.05, 3.63) is 35.9 Å². The first-order valence-electron chi connectivity index (χ1n) is 9.46. The van der Waals surface area contributed by atoms with Crippen molar-refractivity contribution in [3.63, 3.8) is 0 Å². The summed E-state index contributed by atoms with van der Waals surface area (Å²) < 4.78 is 1.80. The summed E-state index contributed by atoms with van der Waals surface area (Å²) in [5.41, 5.74) is 1.63. The molecule has 1 N–H and O–H groups in total. The van der Waals surface area contributed by atoms with Gasteiger partial charge in [0.05, 0.1) is 5.69 Å². The molecular weight excluding hydrogens is 328 g/mol. The molecule has 1 saturated heterocycles. The van der Waals surface area contributed by atoms with Gasteiger partial charge in [0.15, 0.2) is 0 Å². The molecule has 7 nitrogen and oxygen atoms in total. The smallest absolute Gasteiger partial charge is 0.269 e. The third-order valence-electron chi connectivity index (χ3n) is 4.57. The molecule has 26 heavy (non-hydrogen) atoms. The number of hydrogen-bond acceptors (Lipinski definition) is 5. The lowest BCUT2D eigenvalue weighted by atomic mass is 10.1. The molecule has 1 aliphatic heterocycles. The van der Waals surface area contributed by atoms with Gasteiger partial charge in [0.1, 0.15) is 5.69 Å². The summed E-state index contributed by atoms with van der Waals surface area (Å²) in [5.74, 6) is 1.20. The van der Waals surface area contributed by atoms with Crippen molar-refractivity contribution in [1.29, 1.82) is 0 Å². The Bertz CT molecular complexity index is 727. The molecule has 0 aliphatic carbocycles. The van der Waals surface area contributed by atoms with Gasteiger partial charge >= 0.3 is 0 Å². The first kappa shape index (κ1) is 18.4. The van der Waals surface area contributed by atoms with E-state index >= 15 is 0 Å². The molecule has 0 radical (unpaired) electrons. The summed E-state index contributed by atoms with van der Waals surface area (Å²) in [4.78, 5) is 23.6. The summed E-state index contributed by atoms with van der Waals surface area (Å²) in [6.07, 6.45) is 6.36. The van der Waals surface area contributed by atoms with Crippen molar-refractivity contribution >= 4 is 11.9 Å². The van der Waals surface area contributed by atoms with Gasteiger partial charge in [-0.15, -0.1) is 0 Å². The minimum atomic E-state index is -0.0461. The van der Waals surface area contributed by atoms with Gasteiger partial charge < -0.3 is 10.2 Å². The predicted octanol–water partition coefficient (Wildman–Crippen LogP) is 2.29. The first-order valence-corrected chi connectivity index (χ1v) is 9.46. The number of aromatic nitrogens is 4. The Morgan fingerprint density at radius 3 is 2.81 bits per heavy atom. The molecule has 3 heterocycles. The Hall–Kier alpha value is -2.44. The second-order valence-electron chi connectivity index (χ2n) is 7.24. The van der Waals surface area contributed by atoms with E-state index in [0.717, 1.165) is 44.0 Å². The number of hydrogen-bond donors (Lipinski definition) is 1. The molecule has 0 bridgehead atoms. The van der Waals surface area contributed by atoms with Gasteiger partial charge in [-0.25, -0.2) is 9.97 Å². The van der Waals surface area contributed by atoms with E-state index in [1.807, 2.05) is 19.1 Å². The zero-order valence-corrected chi connectivity index (χ0v) is 15.9. The fraction of sp³-hybridized carbons (Fsp3) is 0.579. The molecule has 1 amide bonds. The number of aryl methyl sites for hydroxylation is 1. The number of piperidine rings is 1. The Labute approximate surface area is 154 Å². The van der Waals surface area contributed by atoms with E-state index < -0.39 is 0 Å². The highest BCUT2D eigenvalue weighted by molar-refractivity contribution is 5.93. The number of nitrogens with zero attached hydrogens (tertiary/aromatic N) is 5. The molecular formula is C19H28N6O. The van der Waals surface area contributed by atoms with Crippen LogP contribution in [0.15, 0.2) is 24.5 Å². The Balaban J connectivity index is 1.66. The molecule has 0 spiro atoms. The van der Waals surface area contributed by atoms with Crippen LogP contribution in [0.25, 0.3) is 0 Å². The summed E-state index contributed by atoms with van der Waals surface area (Å²) in [6.45, 7) is 8.67. The maximum absolute atomic E-state index is 12.8. The van der Waals surface area contributed by atoms with E-state index in [0.29, 0.717) is 18.2 Å². The van der Waals surface area contributed by atoms with Gasteiger partial charge in [0.25, 0.3) is 5.91 Å². The normalized spacial score (nSPS) is 17.5. The zero-order chi connectivity index (χ0) is 18.5. The van der Waals surface area contributed by atoms with Crippen LogP contribution in [0.3, 0.4) is 0 Å². The third kappa shape index (κ3) is 4.39. The Morgan fingerprint density at radius 2 is 2.12 bits per heavy atom. The molecule has 2 aromatic rings. The lowest BCUT2D eigenvalue weighted by Gasteiger charge is -2.33. The lowest BCUT2D eigenvalue weighted by Crippen LogP contribution is -2.48. The molecule has 0 aromatic carbocycles. The number of rotatable bonds is 6. The van der Waals surface area contributed by atoms with E-state index in [1.54, 1.807) is 17.1 Å². The molecule has 140 valence electrons. The second-order valence-corrected chi connectivity index (χ2v) is 7.24. The van der Waals surface area contributed by atoms with Gasteiger partial charge in [0.2, 0.25) is 5.95 Å². The SMILES string of the molecule is CCn1nc(CC(C)C)cc1C(=O)NC1CCCN(c2ncccn2)C1. The molecule has 7 heteroatoms. The standard InChI is InChI=1S/C19H28N6O/c1-4-25-17(12-16(23-25)11-14(2)3)18(26)22-15-7-5-10-24(13-15)19-20-8-6-9-21-19/h6,8-9,12,14-15H,4-5,7,10-11,13H2,1-3H3,(H,22,26).